The van der Waals surface area contributed by atoms with Gasteiger partial charge in [-0.05, 0) is 19.3 Å². The van der Waals surface area contributed by atoms with Crippen molar-refractivity contribution in [1.82, 2.24) is 19.4 Å². The van der Waals surface area contributed by atoms with Crippen LogP contribution in [0.3, 0.4) is 0 Å². The minimum absolute atomic E-state index is 0.202. The first-order chi connectivity index (χ1) is 12.0. The second-order valence-corrected chi connectivity index (χ2v) is 8.93. The van der Waals surface area contributed by atoms with Crippen LogP contribution in [0.25, 0.3) is 0 Å². The summed E-state index contributed by atoms with van der Waals surface area (Å²) in [5.74, 6) is 0.857. The van der Waals surface area contributed by atoms with Crippen LogP contribution < -0.4 is 5.32 Å². The fraction of sp³-hybridized carbons (Fsp3) is 0.933. The van der Waals surface area contributed by atoms with Crippen molar-refractivity contribution >= 4 is 16.0 Å². The lowest BCUT2D eigenvalue weighted by Gasteiger charge is -2.39. The summed E-state index contributed by atoms with van der Waals surface area (Å²) in [7, 11) is -1.52. The van der Waals surface area contributed by atoms with Gasteiger partial charge >= 0.3 is 6.18 Å². The first-order valence-electron chi connectivity index (χ1n) is 8.74. The topological polar surface area (TPSA) is 68.2 Å². The highest BCUT2D eigenvalue weighted by Crippen LogP contribution is 2.25. The van der Waals surface area contributed by atoms with E-state index in [1.807, 2.05) is 4.90 Å². The number of halogens is 3. The second-order valence-electron chi connectivity index (χ2n) is 6.94. The molecule has 2 aliphatic rings. The van der Waals surface area contributed by atoms with E-state index in [-0.39, 0.29) is 5.92 Å². The molecule has 2 atom stereocenters. The Morgan fingerprint density at radius 1 is 1.23 bits per heavy atom. The zero-order valence-electron chi connectivity index (χ0n) is 15.5. The van der Waals surface area contributed by atoms with Crippen LogP contribution in [0.15, 0.2) is 4.99 Å². The van der Waals surface area contributed by atoms with Gasteiger partial charge in [0, 0.05) is 52.9 Å². The normalized spacial score (nSPS) is 25.5. The average molecular weight is 399 g/mol. The van der Waals surface area contributed by atoms with Gasteiger partial charge < -0.3 is 10.2 Å². The van der Waals surface area contributed by atoms with Crippen LogP contribution in [-0.2, 0) is 10.0 Å². The molecule has 0 aliphatic carbocycles. The molecule has 0 aromatic heterocycles. The third-order valence-electron chi connectivity index (χ3n) is 5.11. The molecule has 2 unspecified atom stereocenters. The molecule has 2 fully saturated rings. The molecule has 0 saturated carbocycles. The molecule has 1 N–H and O–H groups in total. The Hall–Kier alpha value is -1.07. The Kier molecular flexibility index (Phi) is 6.78. The molecular formula is C15H28F3N5O2S. The van der Waals surface area contributed by atoms with Crippen molar-refractivity contribution in [3.05, 3.63) is 0 Å². The summed E-state index contributed by atoms with van der Waals surface area (Å²) >= 11 is 0. The Bertz CT molecular complexity index is 603. The highest BCUT2D eigenvalue weighted by Gasteiger charge is 2.41. The number of nitrogens with one attached hydrogen (secondary N) is 1. The maximum atomic E-state index is 12.8. The van der Waals surface area contributed by atoms with Crippen molar-refractivity contribution in [3.63, 3.8) is 0 Å². The summed E-state index contributed by atoms with van der Waals surface area (Å²) in [5.41, 5.74) is 0. The molecule has 2 rings (SSSR count). The first kappa shape index (κ1) is 21.2. The van der Waals surface area contributed by atoms with Gasteiger partial charge in [-0.3, -0.25) is 9.89 Å². The zero-order chi connectivity index (χ0) is 19.5. The van der Waals surface area contributed by atoms with Crippen molar-refractivity contribution < 1.29 is 21.6 Å². The Balaban J connectivity index is 1.80. The number of sulfonamides is 1. The standard InChI is InChI=1S/C15H28F3N5O2S/c1-12(15(16,17)18)21-6-8-22(9-7-21)14(19-2)20-10-13-4-5-23(11-13)26(3,24)25/h12-13H,4-11H2,1-3H3,(H,19,20). The predicted molar refractivity (Wildman–Crippen MR) is 94.5 cm³/mol. The molecule has 2 saturated heterocycles. The van der Waals surface area contributed by atoms with E-state index in [1.165, 1.54) is 22.4 Å². The Labute approximate surface area is 153 Å². The van der Waals surface area contributed by atoms with Gasteiger partial charge in [0.15, 0.2) is 5.96 Å². The highest BCUT2D eigenvalue weighted by molar-refractivity contribution is 7.88. The van der Waals surface area contributed by atoms with E-state index in [9.17, 15) is 21.6 Å². The van der Waals surface area contributed by atoms with Crippen molar-refractivity contribution in [2.75, 3.05) is 59.1 Å². The molecule has 0 spiro atoms. The van der Waals surface area contributed by atoms with Gasteiger partial charge in [-0.2, -0.15) is 13.2 Å². The molecule has 0 bridgehead atoms. The molecule has 152 valence electrons. The maximum Gasteiger partial charge on any atom is 0.403 e. The fourth-order valence-electron chi connectivity index (χ4n) is 3.36. The van der Waals surface area contributed by atoms with Crippen LogP contribution >= 0.6 is 0 Å². The molecule has 0 radical (unpaired) electrons. The van der Waals surface area contributed by atoms with E-state index < -0.39 is 22.2 Å². The number of alkyl halides is 3. The number of aliphatic imine (C=N–C) groups is 1. The molecule has 2 heterocycles. The maximum absolute atomic E-state index is 12.8. The fourth-order valence-corrected chi connectivity index (χ4v) is 4.28. The van der Waals surface area contributed by atoms with E-state index in [0.29, 0.717) is 51.8 Å². The van der Waals surface area contributed by atoms with E-state index in [0.717, 1.165) is 6.42 Å². The molecule has 0 aromatic rings. The summed E-state index contributed by atoms with van der Waals surface area (Å²) in [6, 6.07) is -1.44. The smallest absolute Gasteiger partial charge is 0.356 e. The summed E-state index contributed by atoms with van der Waals surface area (Å²) in [5, 5.41) is 3.24. The largest absolute Gasteiger partial charge is 0.403 e. The van der Waals surface area contributed by atoms with Crippen LogP contribution in [0.2, 0.25) is 0 Å². The number of guanidine groups is 1. The average Bonchev–Trinajstić information content (AvgIpc) is 3.04. The van der Waals surface area contributed by atoms with Crippen molar-refractivity contribution in [2.45, 2.75) is 25.6 Å². The summed E-state index contributed by atoms with van der Waals surface area (Å²) in [6.07, 6.45) is -2.22. The van der Waals surface area contributed by atoms with E-state index >= 15 is 0 Å². The van der Waals surface area contributed by atoms with Gasteiger partial charge in [-0.15, -0.1) is 0 Å². The van der Waals surface area contributed by atoms with Crippen molar-refractivity contribution in [3.8, 4) is 0 Å². The second kappa shape index (κ2) is 8.30. The minimum Gasteiger partial charge on any atom is -0.356 e. The van der Waals surface area contributed by atoms with Crippen LogP contribution in [0.5, 0.6) is 0 Å². The van der Waals surface area contributed by atoms with Crippen LogP contribution in [0.4, 0.5) is 13.2 Å². The molecule has 26 heavy (non-hydrogen) atoms. The molecule has 7 nitrogen and oxygen atoms in total. The quantitative estimate of drug-likeness (QED) is 0.548. The number of nitrogens with zero attached hydrogens (tertiary/aromatic N) is 4. The zero-order valence-corrected chi connectivity index (χ0v) is 16.3. The summed E-state index contributed by atoms with van der Waals surface area (Å²) in [4.78, 5) is 7.60. The number of rotatable bonds is 4. The van der Waals surface area contributed by atoms with E-state index in [2.05, 4.69) is 10.3 Å². The first-order valence-corrected chi connectivity index (χ1v) is 10.6. The Morgan fingerprint density at radius 3 is 2.31 bits per heavy atom. The van der Waals surface area contributed by atoms with Gasteiger partial charge in [0.25, 0.3) is 0 Å². The predicted octanol–water partition coefficient (Wildman–Crippen LogP) is 0.412. The summed E-state index contributed by atoms with van der Waals surface area (Å²) < 4.78 is 63.1. The van der Waals surface area contributed by atoms with Gasteiger partial charge in [-0.25, -0.2) is 12.7 Å². The molecule has 0 aromatic carbocycles. The van der Waals surface area contributed by atoms with Crippen LogP contribution in [-0.4, -0.2) is 99.8 Å². The van der Waals surface area contributed by atoms with Gasteiger partial charge in [-0.1, -0.05) is 0 Å². The van der Waals surface area contributed by atoms with Gasteiger partial charge in [0.1, 0.15) is 6.04 Å². The third kappa shape index (κ3) is 5.46. The minimum atomic E-state index is -4.21. The number of hydrogen-bond acceptors (Lipinski definition) is 4. The number of hydrogen-bond donors (Lipinski definition) is 1. The van der Waals surface area contributed by atoms with E-state index in [4.69, 9.17) is 0 Å². The SMILES string of the molecule is CN=C(NCC1CCN(S(C)(=O)=O)C1)N1CCN(C(C)C(F)(F)F)CC1. The monoisotopic (exact) mass is 399 g/mol. The molecule has 2 aliphatic heterocycles. The van der Waals surface area contributed by atoms with E-state index in [1.54, 1.807) is 7.05 Å². The van der Waals surface area contributed by atoms with Crippen molar-refractivity contribution in [2.24, 2.45) is 10.9 Å². The van der Waals surface area contributed by atoms with Crippen molar-refractivity contribution in [1.29, 1.82) is 0 Å². The van der Waals surface area contributed by atoms with Gasteiger partial charge in [0.2, 0.25) is 10.0 Å². The molecule has 11 heteroatoms. The lowest BCUT2D eigenvalue weighted by Crippen LogP contribution is -2.57. The lowest BCUT2D eigenvalue weighted by molar-refractivity contribution is -0.181. The highest BCUT2D eigenvalue weighted by atomic mass is 32.2. The van der Waals surface area contributed by atoms with Crippen LogP contribution in [0, 0.1) is 5.92 Å². The lowest BCUT2D eigenvalue weighted by atomic mass is 10.1. The molecular weight excluding hydrogens is 371 g/mol. The number of piperazine rings is 1. The Morgan fingerprint density at radius 2 is 1.85 bits per heavy atom. The third-order valence-corrected chi connectivity index (χ3v) is 6.38. The molecule has 0 amide bonds. The summed E-state index contributed by atoms with van der Waals surface area (Å²) in [6.45, 7) is 4.39. The van der Waals surface area contributed by atoms with Crippen LogP contribution in [0.1, 0.15) is 13.3 Å². The van der Waals surface area contributed by atoms with Gasteiger partial charge in [0.05, 0.1) is 6.26 Å².